The number of imidazole rings is 1. The Balaban J connectivity index is 1.39. The van der Waals surface area contributed by atoms with E-state index < -0.39 is 11.5 Å². The summed E-state index contributed by atoms with van der Waals surface area (Å²) in [5.74, 6) is 0.308. The number of hydrogen-bond donors (Lipinski definition) is 4. The molecular weight excluding hydrogens is 442 g/mol. The molecule has 0 aliphatic carbocycles. The smallest absolute Gasteiger partial charge is 0.263 e. The molecule has 1 saturated heterocycles. The summed E-state index contributed by atoms with van der Waals surface area (Å²) in [6.45, 7) is 7.84. The molecule has 0 saturated carbocycles. The van der Waals surface area contributed by atoms with Crippen molar-refractivity contribution in [3.8, 4) is 0 Å². The van der Waals surface area contributed by atoms with Gasteiger partial charge in [0.15, 0.2) is 0 Å². The molecule has 4 aromatic rings. The Labute approximate surface area is 203 Å². The molecular formula is C26H29N7O2. The number of nitrogens with one attached hydrogen (secondary N) is 4. The second kappa shape index (κ2) is 9.27. The highest BCUT2D eigenvalue weighted by Crippen LogP contribution is 2.29. The summed E-state index contributed by atoms with van der Waals surface area (Å²) in [6, 6.07) is 13.4. The summed E-state index contributed by atoms with van der Waals surface area (Å²) >= 11 is 0. The average molecular weight is 472 g/mol. The SMILES string of the molecule is Cc1nc2c(Nc3cc[nH]c(=O)c3C(=O)Nc3ccc(N4CCN(C)CC4)cc3)c(C)ccc2[nH]1. The van der Waals surface area contributed by atoms with E-state index in [1.54, 1.807) is 6.07 Å². The molecule has 0 unspecified atom stereocenters. The van der Waals surface area contributed by atoms with Crippen molar-refractivity contribution >= 4 is 39.7 Å². The number of fused-ring (bicyclic) bond motifs is 1. The number of pyridine rings is 1. The van der Waals surface area contributed by atoms with E-state index in [4.69, 9.17) is 0 Å². The van der Waals surface area contributed by atoms with Crippen molar-refractivity contribution in [1.82, 2.24) is 19.9 Å². The average Bonchev–Trinajstić information content (AvgIpc) is 3.22. The zero-order valence-corrected chi connectivity index (χ0v) is 20.1. The van der Waals surface area contributed by atoms with Crippen molar-refractivity contribution in [2.75, 3.05) is 48.8 Å². The largest absolute Gasteiger partial charge is 0.369 e. The van der Waals surface area contributed by atoms with E-state index in [9.17, 15) is 9.59 Å². The number of nitrogens with zero attached hydrogens (tertiary/aromatic N) is 3. The highest BCUT2D eigenvalue weighted by Gasteiger charge is 2.19. The summed E-state index contributed by atoms with van der Waals surface area (Å²) in [4.78, 5) is 41.0. The van der Waals surface area contributed by atoms with Gasteiger partial charge in [-0.1, -0.05) is 6.07 Å². The van der Waals surface area contributed by atoms with E-state index in [2.05, 4.69) is 42.4 Å². The number of amides is 1. The molecule has 1 fully saturated rings. The Hall–Kier alpha value is -4.11. The number of aromatic nitrogens is 3. The molecule has 2 aromatic carbocycles. The lowest BCUT2D eigenvalue weighted by Crippen LogP contribution is -2.44. The zero-order chi connectivity index (χ0) is 24.5. The van der Waals surface area contributed by atoms with Crippen molar-refractivity contribution < 1.29 is 4.79 Å². The number of benzene rings is 2. The Morgan fingerprint density at radius 3 is 2.49 bits per heavy atom. The summed E-state index contributed by atoms with van der Waals surface area (Å²) in [7, 11) is 2.13. The molecule has 1 amide bonds. The zero-order valence-electron chi connectivity index (χ0n) is 20.1. The van der Waals surface area contributed by atoms with Gasteiger partial charge in [-0.3, -0.25) is 9.59 Å². The number of hydrogen-bond acceptors (Lipinski definition) is 6. The molecule has 1 aliphatic heterocycles. The first kappa shape index (κ1) is 22.7. The van der Waals surface area contributed by atoms with Crippen LogP contribution in [0.1, 0.15) is 21.7 Å². The van der Waals surface area contributed by atoms with E-state index in [0.29, 0.717) is 11.4 Å². The highest BCUT2D eigenvalue weighted by molar-refractivity contribution is 6.08. The Kier molecular flexibility index (Phi) is 6.00. The third-order valence-corrected chi connectivity index (χ3v) is 6.42. The monoisotopic (exact) mass is 471 g/mol. The van der Waals surface area contributed by atoms with Gasteiger partial charge in [0.2, 0.25) is 0 Å². The molecule has 5 rings (SSSR count). The van der Waals surface area contributed by atoms with E-state index in [1.165, 1.54) is 6.20 Å². The summed E-state index contributed by atoms with van der Waals surface area (Å²) in [5.41, 5.74) is 5.05. The molecule has 3 heterocycles. The lowest BCUT2D eigenvalue weighted by atomic mass is 10.1. The van der Waals surface area contributed by atoms with Crippen LogP contribution in [-0.2, 0) is 0 Å². The van der Waals surface area contributed by atoms with Gasteiger partial charge in [0.25, 0.3) is 11.5 Å². The van der Waals surface area contributed by atoms with Crippen LogP contribution < -0.4 is 21.1 Å². The first-order chi connectivity index (χ1) is 16.9. The lowest BCUT2D eigenvalue weighted by molar-refractivity contribution is 0.102. The molecule has 4 N–H and O–H groups in total. The predicted octanol–water partition coefficient (Wildman–Crippen LogP) is 3.62. The maximum absolute atomic E-state index is 13.2. The highest BCUT2D eigenvalue weighted by atomic mass is 16.2. The molecule has 9 nitrogen and oxygen atoms in total. The van der Waals surface area contributed by atoms with Gasteiger partial charge in [-0.25, -0.2) is 4.98 Å². The third-order valence-electron chi connectivity index (χ3n) is 6.42. The number of likely N-dealkylation sites (N-methyl/N-ethyl adjacent to an activating group) is 1. The fraction of sp³-hybridized carbons (Fsp3) is 0.269. The number of aromatic amines is 2. The number of carbonyl (C=O) groups excluding carboxylic acids is 1. The second-order valence-corrected chi connectivity index (χ2v) is 8.99. The van der Waals surface area contributed by atoms with Crippen LogP contribution >= 0.6 is 0 Å². The standard InChI is InChI=1S/C26H29N7O2/c1-16-4-9-21-24(29-17(2)28-21)23(16)31-20-10-11-27-25(34)22(20)26(35)30-18-5-7-19(8-6-18)33-14-12-32(3)13-15-33/h4-11H,12-15H2,1-3H3,(H,28,29)(H,30,35)(H2,27,31,34). The number of rotatable bonds is 5. The Morgan fingerprint density at radius 1 is 1.00 bits per heavy atom. The van der Waals surface area contributed by atoms with Gasteiger partial charge in [0.05, 0.1) is 16.9 Å². The maximum Gasteiger partial charge on any atom is 0.263 e. The number of carbonyl (C=O) groups is 1. The molecule has 9 heteroatoms. The molecule has 0 spiro atoms. The Morgan fingerprint density at radius 2 is 1.74 bits per heavy atom. The van der Waals surface area contributed by atoms with Crippen LogP contribution in [0.3, 0.4) is 0 Å². The van der Waals surface area contributed by atoms with Crippen LogP contribution in [0, 0.1) is 13.8 Å². The number of H-pyrrole nitrogens is 2. The van der Waals surface area contributed by atoms with Gasteiger partial charge < -0.3 is 30.4 Å². The van der Waals surface area contributed by atoms with Crippen LogP contribution in [-0.4, -0.2) is 59.0 Å². The van der Waals surface area contributed by atoms with E-state index in [0.717, 1.165) is 60.0 Å². The van der Waals surface area contributed by atoms with Gasteiger partial charge in [-0.2, -0.15) is 0 Å². The van der Waals surface area contributed by atoms with Gasteiger partial charge in [-0.15, -0.1) is 0 Å². The van der Waals surface area contributed by atoms with Crippen LogP contribution in [0.4, 0.5) is 22.7 Å². The van der Waals surface area contributed by atoms with Crippen LogP contribution in [0.2, 0.25) is 0 Å². The molecule has 0 bridgehead atoms. The van der Waals surface area contributed by atoms with Crippen LogP contribution in [0.5, 0.6) is 0 Å². The van der Waals surface area contributed by atoms with Gasteiger partial charge in [0, 0.05) is 43.8 Å². The quantitative estimate of drug-likeness (QED) is 0.354. The van der Waals surface area contributed by atoms with Crippen LogP contribution in [0.15, 0.2) is 53.5 Å². The van der Waals surface area contributed by atoms with Gasteiger partial charge >= 0.3 is 0 Å². The minimum absolute atomic E-state index is 0.0132. The van der Waals surface area contributed by atoms with Crippen molar-refractivity contribution in [2.24, 2.45) is 0 Å². The van der Waals surface area contributed by atoms with Crippen molar-refractivity contribution in [1.29, 1.82) is 0 Å². The molecule has 35 heavy (non-hydrogen) atoms. The Bertz CT molecular complexity index is 1430. The van der Waals surface area contributed by atoms with E-state index >= 15 is 0 Å². The number of piperazine rings is 1. The molecule has 1 aliphatic rings. The molecule has 2 aromatic heterocycles. The summed E-state index contributed by atoms with van der Waals surface area (Å²) in [6.07, 6.45) is 1.53. The van der Waals surface area contributed by atoms with Gasteiger partial charge in [-0.05, 0) is 62.9 Å². The normalized spacial score (nSPS) is 14.3. The van der Waals surface area contributed by atoms with E-state index in [-0.39, 0.29) is 5.56 Å². The topological polar surface area (TPSA) is 109 Å². The fourth-order valence-electron chi connectivity index (χ4n) is 4.41. The van der Waals surface area contributed by atoms with Crippen molar-refractivity contribution in [2.45, 2.75) is 13.8 Å². The minimum Gasteiger partial charge on any atom is -0.369 e. The predicted molar refractivity (Wildman–Crippen MR) is 140 cm³/mol. The number of anilines is 4. The van der Waals surface area contributed by atoms with Gasteiger partial charge in [0.1, 0.15) is 16.9 Å². The summed E-state index contributed by atoms with van der Waals surface area (Å²) in [5, 5.41) is 6.16. The molecule has 0 atom stereocenters. The number of aryl methyl sites for hydroxylation is 2. The molecule has 0 radical (unpaired) electrons. The van der Waals surface area contributed by atoms with E-state index in [1.807, 2.05) is 50.2 Å². The maximum atomic E-state index is 13.2. The summed E-state index contributed by atoms with van der Waals surface area (Å²) < 4.78 is 0. The fourth-order valence-corrected chi connectivity index (χ4v) is 4.41. The van der Waals surface area contributed by atoms with Crippen LogP contribution in [0.25, 0.3) is 11.0 Å². The van der Waals surface area contributed by atoms with Crippen molar-refractivity contribution in [3.63, 3.8) is 0 Å². The first-order valence-electron chi connectivity index (χ1n) is 11.7. The minimum atomic E-state index is -0.482. The van der Waals surface area contributed by atoms with Crippen molar-refractivity contribution in [3.05, 3.63) is 76.0 Å². The lowest BCUT2D eigenvalue weighted by Gasteiger charge is -2.34. The molecule has 180 valence electrons. The third kappa shape index (κ3) is 4.63. The first-order valence-corrected chi connectivity index (χ1v) is 11.7. The second-order valence-electron chi connectivity index (χ2n) is 8.99.